The number of rotatable bonds is 4. The molecule has 0 atom stereocenters. The molecule has 0 saturated carbocycles. The number of anilines is 3. The number of sulfonamides is 1. The molecule has 1 N–H and O–H groups in total. The summed E-state index contributed by atoms with van der Waals surface area (Å²) in [5, 5.41) is 2.86. The lowest BCUT2D eigenvalue weighted by Crippen LogP contribution is -2.26. The fourth-order valence-electron chi connectivity index (χ4n) is 3.05. The second-order valence-electron chi connectivity index (χ2n) is 6.47. The maximum atomic E-state index is 12.6. The smallest absolute Gasteiger partial charge is 0.259 e. The first-order chi connectivity index (χ1) is 12.3. The minimum atomic E-state index is -3.22. The van der Waals surface area contributed by atoms with Crippen molar-refractivity contribution in [3.63, 3.8) is 0 Å². The number of hydrogen-bond acceptors (Lipinski definition) is 5. The number of nitrogens with zero attached hydrogens (tertiary/aromatic N) is 3. The Balaban J connectivity index is 1.84. The lowest BCUT2D eigenvalue weighted by Gasteiger charge is -2.20. The monoisotopic (exact) mass is 374 g/mol. The third kappa shape index (κ3) is 3.50. The molecule has 1 aromatic heterocycles. The minimum absolute atomic E-state index is 0.180. The van der Waals surface area contributed by atoms with Gasteiger partial charge in [-0.05, 0) is 49.2 Å². The first-order valence-electron chi connectivity index (χ1n) is 8.34. The van der Waals surface area contributed by atoms with E-state index in [9.17, 15) is 13.2 Å². The Morgan fingerprint density at radius 1 is 1.27 bits per heavy atom. The summed E-state index contributed by atoms with van der Waals surface area (Å²) in [7, 11) is 0.431. The number of amides is 1. The third-order valence-corrected chi connectivity index (χ3v) is 6.13. The lowest BCUT2D eigenvalue weighted by molar-refractivity contribution is 0.102. The largest absolute Gasteiger partial charge is 0.362 e. The predicted molar refractivity (Wildman–Crippen MR) is 103 cm³/mol. The molecule has 3 rings (SSSR count). The van der Waals surface area contributed by atoms with E-state index in [-0.39, 0.29) is 11.7 Å². The Morgan fingerprint density at radius 2 is 2.04 bits per heavy atom. The van der Waals surface area contributed by atoms with E-state index in [0.29, 0.717) is 35.7 Å². The highest BCUT2D eigenvalue weighted by Crippen LogP contribution is 2.29. The molecule has 0 unspecified atom stereocenters. The van der Waals surface area contributed by atoms with E-state index in [4.69, 9.17) is 0 Å². The molecule has 2 heterocycles. The average molecular weight is 374 g/mol. The van der Waals surface area contributed by atoms with Crippen molar-refractivity contribution in [2.24, 2.45) is 0 Å². The number of nitrogens with one attached hydrogen (secondary N) is 1. The Morgan fingerprint density at radius 3 is 2.65 bits per heavy atom. The predicted octanol–water partition coefficient (Wildman–Crippen LogP) is 2.25. The van der Waals surface area contributed by atoms with Crippen molar-refractivity contribution in [3.05, 3.63) is 47.7 Å². The van der Waals surface area contributed by atoms with Gasteiger partial charge in [0.2, 0.25) is 10.0 Å². The van der Waals surface area contributed by atoms with Crippen molar-refractivity contribution < 1.29 is 13.2 Å². The molecule has 26 heavy (non-hydrogen) atoms. The van der Waals surface area contributed by atoms with E-state index in [1.807, 2.05) is 21.0 Å². The number of aromatic nitrogens is 1. The van der Waals surface area contributed by atoms with Crippen LogP contribution >= 0.6 is 0 Å². The van der Waals surface area contributed by atoms with E-state index in [1.165, 1.54) is 4.31 Å². The van der Waals surface area contributed by atoms with Gasteiger partial charge in [0.05, 0.1) is 17.0 Å². The molecule has 0 bridgehead atoms. The van der Waals surface area contributed by atoms with Crippen LogP contribution in [0, 0.1) is 6.92 Å². The minimum Gasteiger partial charge on any atom is -0.362 e. The summed E-state index contributed by atoms with van der Waals surface area (Å²) in [5.74, 6) is 0.503. The maximum absolute atomic E-state index is 12.6. The number of carbonyl (C=O) groups excluding carboxylic acids is 1. The van der Waals surface area contributed by atoms with Gasteiger partial charge in [-0.15, -0.1) is 0 Å². The number of benzene rings is 1. The zero-order valence-corrected chi connectivity index (χ0v) is 15.9. The van der Waals surface area contributed by atoms with Crippen LogP contribution in [0.15, 0.2) is 36.5 Å². The Hall–Kier alpha value is -2.61. The van der Waals surface area contributed by atoms with Crippen molar-refractivity contribution >= 4 is 33.1 Å². The lowest BCUT2D eigenvalue weighted by atomic mass is 10.1. The quantitative estimate of drug-likeness (QED) is 0.888. The van der Waals surface area contributed by atoms with Crippen LogP contribution in [0.4, 0.5) is 17.2 Å². The molecular weight excluding hydrogens is 352 g/mol. The zero-order valence-electron chi connectivity index (χ0n) is 15.1. The van der Waals surface area contributed by atoms with Gasteiger partial charge in [0.25, 0.3) is 5.91 Å². The highest BCUT2D eigenvalue weighted by molar-refractivity contribution is 7.93. The second kappa shape index (κ2) is 6.95. The number of carbonyl (C=O) groups is 1. The highest BCUT2D eigenvalue weighted by Gasteiger charge is 2.29. The van der Waals surface area contributed by atoms with Crippen molar-refractivity contribution in [2.75, 3.05) is 40.9 Å². The van der Waals surface area contributed by atoms with Crippen molar-refractivity contribution in [3.8, 4) is 0 Å². The van der Waals surface area contributed by atoms with Gasteiger partial charge in [0.1, 0.15) is 5.82 Å². The molecule has 7 nitrogen and oxygen atoms in total. The van der Waals surface area contributed by atoms with Crippen LogP contribution in [0.1, 0.15) is 22.3 Å². The molecule has 1 fully saturated rings. The Bertz CT molecular complexity index is 941. The van der Waals surface area contributed by atoms with Crippen molar-refractivity contribution in [1.82, 2.24) is 4.98 Å². The van der Waals surface area contributed by atoms with Crippen LogP contribution in [0.5, 0.6) is 0 Å². The molecule has 0 aliphatic carbocycles. The first kappa shape index (κ1) is 18.2. The van der Waals surface area contributed by atoms with Gasteiger partial charge in [-0.3, -0.25) is 9.10 Å². The van der Waals surface area contributed by atoms with Crippen LogP contribution in [-0.2, 0) is 10.0 Å². The van der Waals surface area contributed by atoms with E-state index in [0.717, 1.165) is 5.56 Å². The van der Waals surface area contributed by atoms with Gasteiger partial charge in [0, 0.05) is 32.5 Å². The first-order valence-corrected chi connectivity index (χ1v) is 9.95. The van der Waals surface area contributed by atoms with Crippen LogP contribution < -0.4 is 14.5 Å². The van der Waals surface area contributed by atoms with Gasteiger partial charge in [-0.25, -0.2) is 13.4 Å². The number of hydrogen-bond donors (Lipinski definition) is 1. The van der Waals surface area contributed by atoms with E-state index >= 15 is 0 Å². The summed E-state index contributed by atoms with van der Waals surface area (Å²) < 4.78 is 25.7. The van der Waals surface area contributed by atoms with E-state index in [1.54, 1.807) is 41.4 Å². The molecule has 138 valence electrons. The molecule has 0 spiro atoms. The van der Waals surface area contributed by atoms with Crippen molar-refractivity contribution in [1.29, 1.82) is 0 Å². The molecule has 1 aliphatic heterocycles. The summed E-state index contributed by atoms with van der Waals surface area (Å²) in [5.41, 5.74) is 2.55. The Labute approximate surface area is 153 Å². The molecule has 1 aromatic carbocycles. The summed E-state index contributed by atoms with van der Waals surface area (Å²) >= 11 is 0. The maximum Gasteiger partial charge on any atom is 0.259 e. The average Bonchev–Trinajstić information content (AvgIpc) is 2.94. The van der Waals surface area contributed by atoms with Crippen molar-refractivity contribution in [2.45, 2.75) is 13.3 Å². The highest BCUT2D eigenvalue weighted by atomic mass is 32.2. The van der Waals surface area contributed by atoms with Gasteiger partial charge in [-0.1, -0.05) is 0 Å². The van der Waals surface area contributed by atoms with Gasteiger partial charge in [-0.2, -0.15) is 0 Å². The van der Waals surface area contributed by atoms with E-state index < -0.39 is 10.0 Å². The standard InChI is InChI=1S/C18H22N4O3S/c1-13-12-14(7-8-16(13)22-10-5-11-26(22,24)25)20-18(23)15-6-4-9-19-17(15)21(2)3/h4,6-9,12H,5,10-11H2,1-3H3,(H,20,23). The summed E-state index contributed by atoms with van der Waals surface area (Å²) in [6.45, 7) is 2.34. The topological polar surface area (TPSA) is 82.6 Å². The van der Waals surface area contributed by atoms with Gasteiger partial charge >= 0.3 is 0 Å². The molecule has 1 aliphatic rings. The van der Waals surface area contributed by atoms with Crippen LogP contribution in [0.3, 0.4) is 0 Å². The fourth-order valence-corrected chi connectivity index (χ4v) is 4.68. The Kier molecular flexibility index (Phi) is 4.86. The summed E-state index contributed by atoms with van der Waals surface area (Å²) in [4.78, 5) is 18.6. The zero-order chi connectivity index (χ0) is 18.9. The van der Waals surface area contributed by atoms with Gasteiger partial charge in [0.15, 0.2) is 0 Å². The molecule has 1 saturated heterocycles. The molecule has 0 radical (unpaired) electrons. The SMILES string of the molecule is Cc1cc(NC(=O)c2cccnc2N(C)C)ccc1N1CCCS1(=O)=O. The molecule has 8 heteroatoms. The number of pyridine rings is 1. The second-order valence-corrected chi connectivity index (χ2v) is 8.48. The van der Waals surface area contributed by atoms with E-state index in [2.05, 4.69) is 10.3 Å². The summed E-state index contributed by atoms with van der Waals surface area (Å²) in [6.07, 6.45) is 2.27. The van der Waals surface area contributed by atoms with Gasteiger partial charge < -0.3 is 10.2 Å². The summed E-state index contributed by atoms with van der Waals surface area (Å²) in [6, 6.07) is 8.68. The van der Waals surface area contributed by atoms with Crippen LogP contribution in [0.25, 0.3) is 0 Å². The molecule has 1 amide bonds. The van der Waals surface area contributed by atoms with Crippen LogP contribution in [-0.4, -0.2) is 45.7 Å². The fraction of sp³-hybridized carbons (Fsp3) is 0.333. The molecular formula is C18H22N4O3S. The number of aryl methyl sites for hydroxylation is 1. The normalized spacial score (nSPS) is 15.7. The third-order valence-electron chi connectivity index (χ3n) is 4.28. The molecule has 2 aromatic rings. The van der Waals surface area contributed by atoms with Crippen LogP contribution in [0.2, 0.25) is 0 Å².